The van der Waals surface area contributed by atoms with Gasteiger partial charge in [-0.25, -0.2) is 0 Å². The van der Waals surface area contributed by atoms with Crippen LogP contribution in [0.3, 0.4) is 0 Å². The molecule has 0 amide bonds. The van der Waals surface area contributed by atoms with Crippen molar-refractivity contribution in [3.63, 3.8) is 0 Å². The third-order valence-electron chi connectivity index (χ3n) is 2.18. The first-order valence-electron chi connectivity index (χ1n) is 4.40. The minimum atomic E-state index is -0.684. The van der Waals surface area contributed by atoms with Crippen LogP contribution in [-0.4, -0.2) is 22.3 Å². The van der Waals surface area contributed by atoms with Gasteiger partial charge in [0.1, 0.15) is 11.5 Å². The van der Waals surface area contributed by atoms with E-state index in [0.717, 1.165) is 23.8 Å². The molecule has 2 atom stereocenters. The first kappa shape index (κ1) is 11.8. The largest absolute Gasteiger partial charge is 0.465 e. The third-order valence-corrected chi connectivity index (χ3v) is 3.54. The van der Waals surface area contributed by atoms with Gasteiger partial charge >= 0.3 is 0 Å². The van der Waals surface area contributed by atoms with Gasteiger partial charge in [-0.15, -0.1) is 12.4 Å². The zero-order valence-corrected chi connectivity index (χ0v) is 9.62. The van der Waals surface area contributed by atoms with Gasteiger partial charge in [-0.1, -0.05) is 0 Å². The normalized spacial score (nSPS) is 26.9. The van der Waals surface area contributed by atoms with Gasteiger partial charge in [0.15, 0.2) is 0 Å². The summed E-state index contributed by atoms with van der Waals surface area (Å²) >= 11 is 0. The molecule has 3 nitrogen and oxygen atoms in total. The molecule has 0 bridgehead atoms. The average molecular weight is 236 g/mol. The lowest BCUT2D eigenvalue weighted by atomic mass is 10.2. The van der Waals surface area contributed by atoms with E-state index in [2.05, 4.69) is 5.32 Å². The molecule has 0 radical (unpaired) electrons. The highest BCUT2D eigenvalue weighted by molar-refractivity contribution is 7.85. The van der Waals surface area contributed by atoms with Crippen LogP contribution in [0.1, 0.15) is 17.6 Å². The molecule has 1 aliphatic rings. The summed E-state index contributed by atoms with van der Waals surface area (Å²) in [5.74, 6) is 3.25. The molecule has 1 aromatic heterocycles. The van der Waals surface area contributed by atoms with E-state index in [9.17, 15) is 4.21 Å². The van der Waals surface area contributed by atoms with Gasteiger partial charge in [0.2, 0.25) is 0 Å². The van der Waals surface area contributed by atoms with E-state index < -0.39 is 10.8 Å². The fraction of sp³-hybridized carbons (Fsp3) is 0.556. The van der Waals surface area contributed by atoms with E-state index in [4.69, 9.17) is 4.42 Å². The Balaban J connectivity index is 0.000000980. The molecule has 0 saturated carbocycles. The standard InChI is InChI=1S/C9H13NO2S.ClH/c1-7-2-3-9(12-7)8-6-13(11)5-4-10-8;/h2-3,8,10H,4-6H2,1H3;1H. The average Bonchev–Trinajstić information content (AvgIpc) is 2.52. The van der Waals surface area contributed by atoms with Crippen molar-refractivity contribution >= 4 is 23.2 Å². The van der Waals surface area contributed by atoms with E-state index >= 15 is 0 Å². The van der Waals surface area contributed by atoms with E-state index in [0.29, 0.717) is 5.75 Å². The maximum atomic E-state index is 11.3. The summed E-state index contributed by atoms with van der Waals surface area (Å²) in [6.45, 7) is 2.74. The Bertz CT molecular complexity index is 326. The summed E-state index contributed by atoms with van der Waals surface area (Å²) in [7, 11) is -0.684. The Morgan fingerprint density at radius 1 is 1.57 bits per heavy atom. The van der Waals surface area contributed by atoms with Crippen LogP contribution in [0.4, 0.5) is 0 Å². The van der Waals surface area contributed by atoms with E-state index in [1.54, 1.807) is 0 Å². The molecular weight excluding hydrogens is 222 g/mol. The van der Waals surface area contributed by atoms with Crippen molar-refractivity contribution < 1.29 is 8.63 Å². The number of nitrogens with one attached hydrogen (secondary N) is 1. The molecule has 2 unspecified atom stereocenters. The molecule has 0 spiro atoms. The summed E-state index contributed by atoms with van der Waals surface area (Å²) in [5.41, 5.74) is 0. The lowest BCUT2D eigenvalue weighted by Gasteiger charge is -2.20. The SMILES string of the molecule is Cc1ccc(C2CS(=O)CCN2)o1.Cl. The Kier molecular flexibility index (Phi) is 4.16. The molecule has 1 aliphatic heterocycles. The number of rotatable bonds is 1. The van der Waals surface area contributed by atoms with Crippen molar-refractivity contribution in [2.75, 3.05) is 18.1 Å². The second-order valence-corrected chi connectivity index (χ2v) is 4.89. The maximum Gasteiger partial charge on any atom is 0.122 e. The van der Waals surface area contributed by atoms with Crippen LogP contribution < -0.4 is 5.32 Å². The van der Waals surface area contributed by atoms with Crippen molar-refractivity contribution in [1.82, 2.24) is 5.32 Å². The molecule has 2 heterocycles. The topological polar surface area (TPSA) is 42.2 Å². The summed E-state index contributed by atoms with van der Waals surface area (Å²) < 4.78 is 16.8. The minimum absolute atomic E-state index is 0. The van der Waals surface area contributed by atoms with Gasteiger partial charge in [0.05, 0.1) is 6.04 Å². The van der Waals surface area contributed by atoms with Crippen LogP contribution >= 0.6 is 12.4 Å². The molecule has 1 aromatic rings. The number of hydrogen-bond acceptors (Lipinski definition) is 3. The van der Waals surface area contributed by atoms with Crippen molar-refractivity contribution in [3.05, 3.63) is 23.7 Å². The van der Waals surface area contributed by atoms with Crippen LogP contribution in [0.25, 0.3) is 0 Å². The zero-order valence-electron chi connectivity index (χ0n) is 7.99. The molecule has 14 heavy (non-hydrogen) atoms. The molecule has 80 valence electrons. The fourth-order valence-electron chi connectivity index (χ4n) is 1.50. The van der Waals surface area contributed by atoms with Crippen molar-refractivity contribution in [2.45, 2.75) is 13.0 Å². The highest BCUT2D eigenvalue weighted by Gasteiger charge is 2.21. The van der Waals surface area contributed by atoms with Crippen LogP contribution in [0.15, 0.2) is 16.5 Å². The summed E-state index contributed by atoms with van der Waals surface area (Å²) in [6.07, 6.45) is 0. The Hall–Kier alpha value is -0.320. The highest BCUT2D eigenvalue weighted by Crippen LogP contribution is 2.19. The van der Waals surface area contributed by atoms with E-state index in [-0.39, 0.29) is 18.4 Å². The molecule has 0 aromatic carbocycles. The van der Waals surface area contributed by atoms with Crippen molar-refractivity contribution in [1.29, 1.82) is 0 Å². The second kappa shape index (κ2) is 4.96. The van der Waals surface area contributed by atoms with Gasteiger partial charge in [0.25, 0.3) is 0 Å². The third kappa shape index (κ3) is 2.59. The number of hydrogen-bond donors (Lipinski definition) is 1. The van der Waals surface area contributed by atoms with Crippen LogP contribution in [-0.2, 0) is 10.8 Å². The molecule has 2 rings (SSSR count). The number of halogens is 1. The summed E-state index contributed by atoms with van der Waals surface area (Å²) in [4.78, 5) is 0. The molecule has 0 aliphatic carbocycles. The number of aryl methyl sites for hydroxylation is 1. The summed E-state index contributed by atoms with van der Waals surface area (Å²) in [5, 5.41) is 3.29. The lowest BCUT2D eigenvalue weighted by Crippen LogP contribution is -2.35. The van der Waals surface area contributed by atoms with Crippen LogP contribution in [0.2, 0.25) is 0 Å². The second-order valence-electron chi connectivity index (χ2n) is 3.27. The van der Waals surface area contributed by atoms with Crippen molar-refractivity contribution in [2.24, 2.45) is 0 Å². The Morgan fingerprint density at radius 2 is 2.36 bits per heavy atom. The predicted molar refractivity (Wildman–Crippen MR) is 59.3 cm³/mol. The fourth-order valence-corrected chi connectivity index (χ4v) is 2.66. The predicted octanol–water partition coefficient (Wildman–Crippen LogP) is 1.40. The van der Waals surface area contributed by atoms with Crippen LogP contribution in [0.5, 0.6) is 0 Å². The van der Waals surface area contributed by atoms with E-state index in [1.165, 1.54) is 0 Å². The highest BCUT2D eigenvalue weighted by atomic mass is 35.5. The molecular formula is C9H14ClNO2S. The first-order chi connectivity index (χ1) is 6.25. The molecule has 5 heteroatoms. The lowest BCUT2D eigenvalue weighted by molar-refractivity contribution is 0.418. The summed E-state index contributed by atoms with van der Waals surface area (Å²) in [6, 6.07) is 4.03. The Labute approximate surface area is 92.1 Å². The van der Waals surface area contributed by atoms with Gasteiger partial charge in [-0.2, -0.15) is 0 Å². The monoisotopic (exact) mass is 235 g/mol. The molecule has 1 saturated heterocycles. The number of furan rings is 1. The Morgan fingerprint density at radius 3 is 2.93 bits per heavy atom. The smallest absolute Gasteiger partial charge is 0.122 e. The first-order valence-corrected chi connectivity index (χ1v) is 5.89. The van der Waals surface area contributed by atoms with Crippen molar-refractivity contribution in [3.8, 4) is 0 Å². The maximum absolute atomic E-state index is 11.3. The van der Waals surface area contributed by atoms with Gasteiger partial charge in [-0.3, -0.25) is 4.21 Å². The minimum Gasteiger partial charge on any atom is -0.465 e. The van der Waals surface area contributed by atoms with E-state index in [1.807, 2.05) is 19.1 Å². The molecule has 1 N–H and O–H groups in total. The zero-order chi connectivity index (χ0) is 9.26. The van der Waals surface area contributed by atoms with Gasteiger partial charge in [-0.05, 0) is 19.1 Å². The molecule has 1 fully saturated rings. The quantitative estimate of drug-likeness (QED) is 0.800. The van der Waals surface area contributed by atoms with Crippen LogP contribution in [0, 0.1) is 6.92 Å². The van der Waals surface area contributed by atoms with Gasteiger partial charge in [0, 0.05) is 28.9 Å². The van der Waals surface area contributed by atoms with Gasteiger partial charge < -0.3 is 9.73 Å².